The molecule has 0 N–H and O–H groups in total. The van der Waals surface area contributed by atoms with Crippen molar-refractivity contribution in [1.82, 2.24) is 0 Å². The van der Waals surface area contributed by atoms with Gasteiger partial charge in [0.25, 0.3) is 0 Å². The summed E-state index contributed by atoms with van der Waals surface area (Å²) in [6.45, 7) is 13.3. The van der Waals surface area contributed by atoms with E-state index < -0.39 is 0 Å². The van der Waals surface area contributed by atoms with E-state index in [-0.39, 0.29) is 33.2 Å². The minimum Gasteiger partial charge on any atom is -0.269 e. The molecule has 0 saturated heterocycles. The summed E-state index contributed by atoms with van der Waals surface area (Å²) in [7, 11) is 0.140. The van der Waals surface area contributed by atoms with Crippen LogP contribution in [0.25, 0.3) is 0 Å². The number of rotatable bonds is 2. The second-order valence-corrected chi connectivity index (χ2v) is 11.1. The minimum atomic E-state index is -0.224. The van der Waals surface area contributed by atoms with E-state index in [1.165, 1.54) is 22.3 Å². The normalized spacial score (nSPS) is 24.5. The van der Waals surface area contributed by atoms with Crippen LogP contribution in [0.4, 0.5) is 0 Å². The molecule has 0 aliphatic heterocycles. The molecule has 4 heteroatoms. The standard InChI is InChI=1S/C23H26O2P2/c1-13-7-15-19(17(9-13)26-24)23(11-21(15,3)4)12-22(5,6)16-8-14(2)10-18(27-25)20(16)23/h7-10H,11-12H2,1-6H3. The van der Waals surface area contributed by atoms with Gasteiger partial charge in [0.2, 0.25) is 0 Å². The van der Waals surface area contributed by atoms with Gasteiger partial charge in [0.05, 0.1) is 0 Å². The fraction of sp³-hybridized carbons (Fsp3) is 0.478. The SMILES string of the molecule is Cc1cc(P=O)c2c(c1)C(C)(C)CC21CC(C)(C)c2cc(C)cc(P=O)c21. The molecule has 0 saturated carbocycles. The largest absolute Gasteiger partial charge is 0.269 e. The molecule has 0 atom stereocenters. The van der Waals surface area contributed by atoms with E-state index in [9.17, 15) is 9.13 Å². The summed E-state index contributed by atoms with van der Waals surface area (Å²) < 4.78 is 24.4. The highest BCUT2D eigenvalue weighted by molar-refractivity contribution is 7.34. The maximum atomic E-state index is 12.2. The molecule has 0 amide bonds. The molecule has 0 bridgehead atoms. The van der Waals surface area contributed by atoms with Crippen LogP contribution in [0.3, 0.4) is 0 Å². The monoisotopic (exact) mass is 396 g/mol. The molecule has 2 aliphatic rings. The number of aryl methyl sites for hydroxylation is 2. The molecule has 0 fully saturated rings. The smallest absolute Gasteiger partial charge is 0.192 e. The van der Waals surface area contributed by atoms with Crippen LogP contribution in [0.15, 0.2) is 24.3 Å². The maximum absolute atomic E-state index is 12.2. The molecule has 2 aromatic carbocycles. The van der Waals surface area contributed by atoms with Gasteiger partial charge in [0.15, 0.2) is 16.9 Å². The van der Waals surface area contributed by atoms with E-state index >= 15 is 0 Å². The average molecular weight is 396 g/mol. The first kappa shape index (κ1) is 19.0. The molecular formula is C23H26O2P2. The van der Waals surface area contributed by atoms with Gasteiger partial charge in [-0.2, -0.15) is 0 Å². The van der Waals surface area contributed by atoms with Crippen molar-refractivity contribution in [3.63, 3.8) is 0 Å². The third-order valence-corrected chi connectivity index (χ3v) is 7.72. The third-order valence-electron chi connectivity index (χ3n) is 6.62. The van der Waals surface area contributed by atoms with E-state index in [2.05, 4.69) is 65.8 Å². The van der Waals surface area contributed by atoms with Crippen LogP contribution in [0.2, 0.25) is 0 Å². The van der Waals surface area contributed by atoms with Gasteiger partial charge in [-0.1, -0.05) is 39.8 Å². The van der Waals surface area contributed by atoms with Gasteiger partial charge in [-0.3, -0.25) is 9.13 Å². The van der Waals surface area contributed by atoms with Crippen molar-refractivity contribution in [1.29, 1.82) is 0 Å². The zero-order valence-corrected chi connectivity index (χ0v) is 18.7. The molecule has 0 unspecified atom stereocenters. The van der Waals surface area contributed by atoms with Crippen LogP contribution >= 0.6 is 16.9 Å². The Morgan fingerprint density at radius 1 is 0.704 bits per heavy atom. The summed E-state index contributed by atoms with van der Waals surface area (Å²) in [6.07, 6.45) is 1.92. The van der Waals surface area contributed by atoms with Crippen LogP contribution in [0.1, 0.15) is 73.9 Å². The van der Waals surface area contributed by atoms with Crippen LogP contribution in [0.5, 0.6) is 0 Å². The van der Waals surface area contributed by atoms with Crippen LogP contribution < -0.4 is 10.6 Å². The van der Waals surface area contributed by atoms with E-state index in [0.29, 0.717) is 0 Å². The van der Waals surface area contributed by atoms with E-state index in [4.69, 9.17) is 0 Å². The Hall–Kier alpha value is -1.36. The number of benzene rings is 2. The van der Waals surface area contributed by atoms with Crippen molar-refractivity contribution in [3.8, 4) is 0 Å². The predicted molar refractivity (Wildman–Crippen MR) is 113 cm³/mol. The molecule has 0 heterocycles. The summed E-state index contributed by atoms with van der Waals surface area (Å²) in [5, 5.41) is 1.79. The lowest BCUT2D eigenvalue weighted by Gasteiger charge is -2.31. The van der Waals surface area contributed by atoms with Crippen LogP contribution in [-0.4, -0.2) is 0 Å². The van der Waals surface area contributed by atoms with Gasteiger partial charge in [-0.05, 0) is 83.0 Å². The Morgan fingerprint density at radius 2 is 1.07 bits per heavy atom. The van der Waals surface area contributed by atoms with Crippen LogP contribution in [-0.2, 0) is 25.4 Å². The molecule has 4 rings (SSSR count). The lowest BCUT2D eigenvalue weighted by atomic mass is 9.72. The van der Waals surface area contributed by atoms with Crippen molar-refractivity contribution in [2.45, 2.75) is 70.6 Å². The molecule has 0 radical (unpaired) electrons. The molecule has 27 heavy (non-hydrogen) atoms. The van der Waals surface area contributed by atoms with Gasteiger partial charge < -0.3 is 0 Å². The number of fused-ring (bicyclic) bond motifs is 4. The fourth-order valence-electron chi connectivity index (χ4n) is 5.99. The third kappa shape index (κ3) is 2.53. The molecule has 2 aromatic rings. The fourth-order valence-corrected chi connectivity index (χ4v) is 7.36. The van der Waals surface area contributed by atoms with E-state index in [1.807, 2.05) is 0 Å². The zero-order chi connectivity index (χ0) is 19.8. The first-order valence-corrected chi connectivity index (χ1v) is 11.2. The van der Waals surface area contributed by atoms with Gasteiger partial charge in [0.1, 0.15) is 0 Å². The Kier molecular flexibility index (Phi) is 4.09. The highest BCUT2D eigenvalue weighted by Crippen LogP contribution is 2.62. The molecular weight excluding hydrogens is 370 g/mol. The summed E-state index contributed by atoms with van der Waals surface area (Å²) in [6, 6.07) is 8.66. The maximum Gasteiger partial charge on any atom is 0.192 e. The number of hydrogen-bond acceptors (Lipinski definition) is 2. The van der Waals surface area contributed by atoms with Crippen LogP contribution in [0, 0.1) is 13.8 Å². The summed E-state index contributed by atoms with van der Waals surface area (Å²) in [4.78, 5) is 0. The quantitative estimate of drug-likeness (QED) is 0.603. The highest BCUT2D eigenvalue weighted by Gasteiger charge is 2.58. The van der Waals surface area contributed by atoms with E-state index in [0.717, 1.165) is 34.6 Å². The average Bonchev–Trinajstić information content (AvgIpc) is 2.93. The van der Waals surface area contributed by atoms with Crippen molar-refractivity contribution < 1.29 is 9.13 Å². The second kappa shape index (κ2) is 5.82. The second-order valence-electron chi connectivity index (χ2n) is 9.80. The molecule has 140 valence electrons. The Morgan fingerprint density at radius 3 is 1.41 bits per heavy atom. The molecule has 2 nitrogen and oxygen atoms in total. The Labute approximate surface area is 165 Å². The van der Waals surface area contributed by atoms with Gasteiger partial charge in [-0.25, -0.2) is 0 Å². The van der Waals surface area contributed by atoms with E-state index in [1.54, 1.807) is 0 Å². The molecule has 1 spiro atoms. The topological polar surface area (TPSA) is 34.1 Å². The Bertz CT molecular complexity index is 920. The molecule has 2 aliphatic carbocycles. The summed E-state index contributed by atoms with van der Waals surface area (Å²) >= 11 is 0. The lowest BCUT2D eigenvalue weighted by Crippen LogP contribution is -2.32. The van der Waals surface area contributed by atoms with Gasteiger partial charge in [0, 0.05) is 16.0 Å². The van der Waals surface area contributed by atoms with Crippen molar-refractivity contribution in [2.75, 3.05) is 0 Å². The number of hydrogen-bond donors (Lipinski definition) is 0. The van der Waals surface area contributed by atoms with Crippen molar-refractivity contribution >= 4 is 27.5 Å². The minimum absolute atomic E-state index is 0.0135. The summed E-state index contributed by atoms with van der Waals surface area (Å²) in [5.74, 6) is 0. The molecule has 0 aromatic heterocycles. The van der Waals surface area contributed by atoms with Crippen molar-refractivity contribution in [3.05, 3.63) is 57.6 Å². The lowest BCUT2D eigenvalue weighted by molar-refractivity contribution is 0.351. The first-order chi connectivity index (χ1) is 12.6. The zero-order valence-electron chi connectivity index (χ0n) is 16.9. The van der Waals surface area contributed by atoms with Gasteiger partial charge >= 0.3 is 0 Å². The van der Waals surface area contributed by atoms with Gasteiger partial charge in [-0.15, -0.1) is 0 Å². The first-order valence-electron chi connectivity index (χ1n) is 9.54. The predicted octanol–water partition coefficient (Wildman–Crippen LogP) is 5.79. The van der Waals surface area contributed by atoms with Crippen molar-refractivity contribution in [2.24, 2.45) is 0 Å². The Balaban J connectivity index is 2.16. The highest BCUT2D eigenvalue weighted by atomic mass is 31.1. The summed E-state index contributed by atoms with van der Waals surface area (Å²) in [5.41, 5.74) is 7.10.